The van der Waals surface area contributed by atoms with Crippen LogP contribution in [0.5, 0.6) is 0 Å². The second-order valence-corrected chi connectivity index (χ2v) is 4.96. The fourth-order valence-electron chi connectivity index (χ4n) is 2.51. The lowest BCUT2D eigenvalue weighted by atomic mass is 10.3. The molecule has 1 aliphatic heterocycles. The van der Waals surface area contributed by atoms with E-state index in [4.69, 9.17) is 0 Å². The molecule has 0 saturated carbocycles. The van der Waals surface area contributed by atoms with Crippen molar-refractivity contribution < 1.29 is 0 Å². The lowest BCUT2D eigenvalue weighted by Gasteiger charge is -2.27. The van der Waals surface area contributed by atoms with Crippen molar-refractivity contribution in [3.63, 3.8) is 0 Å². The molecule has 3 rings (SSSR count). The topological polar surface area (TPSA) is 33.1 Å². The zero-order chi connectivity index (χ0) is 12.9. The number of imidazole rings is 1. The largest absolute Gasteiger partial charge is 0.385 e. The zero-order valence-electron chi connectivity index (χ0n) is 11.1. The fourth-order valence-corrected chi connectivity index (χ4v) is 2.51. The van der Waals surface area contributed by atoms with Crippen LogP contribution in [0.1, 0.15) is 12.2 Å². The van der Waals surface area contributed by atoms with Crippen molar-refractivity contribution in [2.24, 2.45) is 0 Å². The first-order valence-electron chi connectivity index (χ1n) is 6.93. The van der Waals surface area contributed by atoms with Crippen LogP contribution < -0.4 is 5.32 Å². The molecule has 0 atom stereocenters. The molecular formula is C15H20N4. The van der Waals surface area contributed by atoms with Gasteiger partial charge in [-0.05, 0) is 18.6 Å². The molecule has 2 aromatic rings. The van der Waals surface area contributed by atoms with E-state index in [1.807, 2.05) is 12.3 Å². The Morgan fingerprint density at radius 3 is 2.95 bits per heavy atom. The van der Waals surface area contributed by atoms with Crippen LogP contribution in [0, 0.1) is 0 Å². The van der Waals surface area contributed by atoms with Crippen LogP contribution >= 0.6 is 0 Å². The Hall–Kier alpha value is -1.81. The van der Waals surface area contributed by atoms with Crippen LogP contribution in [0.4, 0.5) is 5.69 Å². The SMILES string of the molecule is c1ccc(NCCCN2CCn3ccnc3C2)cc1. The van der Waals surface area contributed by atoms with Crippen molar-refractivity contribution in [1.29, 1.82) is 0 Å². The van der Waals surface area contributed by atoms with E-state index in [-0.39, 0.29) is 0 Å². The maximum absolute atomic E-state index is 4.39. The smallest absolute Gasteiger partial charge is 0.122 e. The van der Waals surface area contributed by atoms with Crippen LogP contribution in [0.3, 0.4) is 0 Å². The van der Waals surface area contributed by atoms with Crippen LogP contribution in [-0.4, -0.2) is 34.1 Å². The molecule has 4 heteroatoms. The number of hydrogen-bond acceptors (Lipinski definition) is 3. The lowest BCUT2D eigenvalue weighted by Crippen LogP contribution is -2.34. The molecule has 2 heterocycles. The molecule has 100 valence electrons. The minimum Gasteiger partial charge on any atom is -0.385 e. The van der Waals surface area contributed by atoms with E-state index < -0.39 is 0 Å². The molecule has 0 amide bonds. The molecule has 4 nitrogen and oxygen atoms in total. The van der Waals surface area contributed by atoms with E-state index in [1.165, 1.54) is 11.5 Å². The van der Waals surface area contributed by atoms with Gasteiger partial charge >= 0.3 is 0 Å². The van der Waals surface area contributed by atoms with E-state index in [1.54, 1.807) is 0 Å². The van der Waals surface area contributed by atoms with Crippen molar-refractivity contribution in [3.8, 4) is 0 Å². The van der Waals surface area contributed by atoms with Crippen molar-refractivity contribution in [1.82, 2.24) is 14.5 Å². The Morgan fingerprint density at radius 2 is 2.05 bits per heavy atom. The number of hydrogen-bond donors (Lipinski definition) is 1. The Balaban J connectivity index is 1.40. The second kappa shape index (κ2) is 5.89. The van der Waals surface area contributed by atoms with Gasteiger partial charge in [0.25, 0.3) is 0 Å². The summed E-state index contributed by atoms with van der Waals surface area (Å²) < 4.78 is 2.25. The summed E-state index contributed by atoms with van der Waals surface area (Å²) in [5.74, 6) is 1.20. The van der Waals surface area contributed by atoms with Gasteiger partial charge in [-0.2, -0.15) is 0 Å². The first-order chi connectivity index (χ1) is 9.42. The first-order valence-corrected chi connectivity index (χ1v) is 6.93. The predicted octanol–water partition coefficient (Wildman–Crippen LogP) is 2.20. The monoisotopic (exact) mass is 256 g/mol. The molecule has 0 aliphatic carbocycles. The Labute approximate surface area is 114 Å². The number of fused-ring (bicyclic) bond motifs is 1. The number of nitrogens with zero attached hydrogens (tertiary/aromatic N) is 3. The molecule has 0 radical (unpaired) electrons. The van der Waals surface area contributed by atoms with Crippen molar-refractivity contribution >= 4 is 5.69 Å². The van der Waals surface area contributed by atoms with Gasteiger partial charge in [0.1, 0.15) is 5.82 Å². The van der Waals surface area contributed by atoms with E-state index in [0.29, 0.717) is 0 Å². The number of aromatic nitrogens is 2. The summed E-state index contributed by atoms with van der Waals surface area (Å²) in [5, 5.41) is 3.45. The van der Waals surface area contributed by atoms with Gasteiger partial charge in [0, 0.05) is 44.3 Å². The Kier molecular flexibility index (Phi) is 3.79. The van der Waals surface area contributed by atoms with Gasteiger partial charge in [0.2, 0.25) is 0 Å². The van der Waals surface area contributed by atoms with E-state index in [2.05, 4.69) is 50.2 Å². The van der Waals surface area contributed by atoms with Crippen LogP contribution in [0.2, 0.25) is 0 Å². The van der Waals surface area contributed by atoms with Gasteiger partial charge in [0.15, 0.2) is 0 Å². The number of anilines is 1. The molecule has 0 bridgehead atoms. The molecule has 0 saturated heterocycles. The van der Waals surface area contributed by atoms with E-state index in [0.717, 1.165) is 39.1 Å². The lowest BCUT2D eigenvalue weighted by molar-refractivity contribution is 0.216. The third-order valence-electron chi connectivity index (χ3n) is 3.58. The molecular weight excluding hydrogens is 236 g/mol. The molecule has 19 heavy (non-hydrogen) atoms. The minimum absolute atomic E-state index is 0.984. The summed E-state index contributed by atoms with van der Waals surface area (Å²) in [7, 11) is 0. The van der Waals surface area contributed by atoms with Crippen LogP contribution in [-0.2, 0) is 13.1 Å². The first kappa shape index (κ1) is 12.2. The molecule has 1 aromatic heterocycles. The molecule has 0 fully saturated rings. The summed E-state index contributed by atoms with van der Waals surface area (Å²) in [6.45, 7) is 5.34. The number of para-hydroxylation sites is 1. The molecule has 0 spiro atoms. The summed E-state index contributed by atoms with van der Waals surface area (Å²) in [6.07, 6.45) is 5.13. The molecule has 0 unspecified atom stereocenters. The third-order valence-corrected chi connectivity index (χ3v) is 3.58. The van der Waals surface area contributed by atoms with Gasteiger partial charge in [-0.1, -0.05) is 18.2 Å². The van der Waals surface area contributed by atoms with Gasteiger partial charge in [0.05, 0.1) is 6.54 Å². The summed E-state index contributed by atoms with van der Waals surface area (Å²) in [5.41, 5.74) is 1.21. The average Bonchev–Trinajstić information content (AvgIpc) is 2.92. The highest BCUT2D eigenvalue weighted by Crippen LogP contribution is 2.10. The Bertz CT molecular complexity index is 506. The minimum atomic E-state index is 0.984. The van der Waals surface area contributed by atoms with E-state index in [9.17, 15) is 0 Å². The molecule has 1 aromatic carbocycles. The van der Waals surface area contributed by atoms with Gasteiger partial charge in [-0.15, -0.1) is 0 Å². The quantitative estimate of drug-likeness (QED) is 0.833. The van der Waals surface area contributed by atoms with Crippen molar-refractivity contribution in [2.45, 2.75) is 19.5 Å². The van der Waals surface area contributed by atoms with Crippen molar-refractivity contribution in [3.05, 3.63) is 48.5 Å². The van der Waals surface area contributed by atoms with Crippen LogP contribution in [0.15, 0.2) is 42.7 Å². The summed E-state index contributed by atoms with van der Waals surface area (Å²) in [4.78, 5) is 6.87. The zero-order valence-corrected chi connectivity index (χ0v) is 11.1. The maximum Gasteiger partial charge on any atom is 0.122 e. The second-order valence-electron chi connectivity index (χ2n) is 4.96. The molecule has 1 aliphatic rings. The Morgan fingerprint density at radius 1 is 1.16 bits per heavy atom. The average molecular weight is 256 g/mol. The number of nitrogens with one attached hydrogen (secondary N) is 1. The summed E-state index contributed by atoms with van der Waals surface area (Å²) in [6, 6.07) is 10.4. The van der Waals surface area contributed by atoms with Crippen molar-refractivity contribution in [2.75, 3.05) is 25.0 Å². The van der Waals surface area contributed by atoms with E-state index >= 15 is 0 Å². The van der Waals surface area contributed by atoms with Gasteiger partial charge in [-0.3, -0.25) is 4.90 Å². The standard InChI is InChI=1S/C15H20N4/c1-2-5-14(6-3-1)16-7-4-9-18-11-12-19-10-8-17-15(19)13-18/h1-3,5-6,8,10,16H,4,7,9,11-13H2. The predicted molar refractivity (Wildman–Crippen MR) is 77.1 cm³/mol. The fraction of sp³-hybridized carbons (Fsp3) is 0.400. The van der Waals surface area contributed by atoms with Gasteiger partial charge < -0.3 is 9.88 Å². The summed E-state index contributed by atoms with van der Waals surface area (Å²) >= 11 is 0. The number of benzene rings is 1. The maximum atomic E-state index is 4.39. The third kappa shape index (κ3) is 3.15. The molecule has 1 N–H and O–H groups in total. The highest BCUT2D eigenvalue weighted by atomic mass is 15.2. The number of rotatable bonds is 5. The highest BCUT2D eigenvalue weighted by molar-refractivity contribution is 5.42. The normalized spacial score (nSPS) is 15.2. The van der Waals surface area contributed by atoms with Gasteiger partial charge in [-0.25, -0.2) is 4.98 Å². The van der Waals surface area contributed by atoms with Crippen LogP contribution in [0.25, 0.3) is 0 Å². The highest BCUT2D eigenvalue weighted by Gasteiger charge is 2.15.